The fraction of sp³-hybridized carbons (Fsp3) is 0.231. The zero-order valence-corrected chi connectivity index (χ0v) is 8.57. The predicted molar refractivity (Wildman–Crippen MR) is 59.5 cm³/mol. The second kappa shape index (κ2) is 3.16. The highest BCUT2D eigenvalue weighted by atomic mass is 16.6. The standard InChI is InChI=1S/C13H12O2/c1-9-8-14-12-6-10-4-2-3-5-11(10)7-13(12)15-9/h2-7,9H,8H2,1H3/t9-/m0/s1. The van der Waals surface area contributed by atoms with Crippen LogP contribution < -0.4 is 9.47 Å². The van der Waals surface area contributed by atoms with Gasteiger partial charge in [-0.2, -0.15) is 0 Å². The molecule has 0 aromatic heterocycles. The van der Waals surface area contributed by atoms with Gasteiger partial charge in [-0.1, -0.05) is 24.3 Å². The lowest BCUT2D eigenvalue weighted by Gasteiger charge is -2.24. The maximum Gasteiger partial charge on any atom is 0.162 e. The molecule has 1 aliphatic heterocycles. The van der Waals surface area contributed by atoms with E-state index in [0.717, 1.165) is 11.5 Å². The summed E-state index contributed by atoms with van der Waals surface area (Å²) in [6.07, 6.45) is 0.138. The Bertz CT molecular complexity index is 505. The van der Waals surface area contributed by atoms with Crippen LogP contribution in [0.2, 0.25) is 0 Å². The summed E-state index contributed by atoms with van der Waals surface area (Å²) in [5.41, 5.74) is 0. The van der Waals surface area contributed by atoms with Gasteiger partial charge in [-0.25, -0.2) is 0 Å². The molecule has 1 aliphatic rings. The average Bonchev–Trinajstić information content (AvgIpc) is 2.26. The van der Waals surface area contributed by atoms with E-state index in [9.17, 15) is 0 Å². The zero-order valence-electron chi connectivity index (χ0n) is 8.57. The van der Waals surface area contributed by atoms with Gasteiger partial charge in [-0.3, -0.25) is 0 Å². The number of benzene rings is 2. The Kier molecular flexibility index (Phi) is 1.81. The molecule has 3 rings (SSSR count). The maximum absolute atomic E-state index is 5.71. The van der Waals surface area contributed by atoms with Crippen molar-refractivity contribution in [1.29, 1.82) is 0 Å². The number of hydrogen-bond acceptors (Lipinski definition) is 2. The SMILES string of the molecule is C[C@H]1COc2cc3ccccc3cc2O1. The van der Waals surface area contributed by atoms with E-state index in [1.807, 2.05) is 31.2 Å². The van der Waals surface area contributed by atoms with Crippen molar-refractivity contribution in [3.8, 4) is 11.5 Å². The van der Waals surface area contributed by atoms with E-state index in [-0.39, 0.29) is 6.10 Å². The molecular weight excluding hydrogens is 188 g/mol. The highest BCUT2D eigenvalue weighted by molar-refractivity contribution is 5.86. The van der Waals surface area contributed by atoms with Crippen molar-refractivity contribution in [2.24, 2.45) is 0 Å². The molecule has 0 N–H and O–H groups in total. The highest BCUT2D eigenvalue weighted by Gasteiger charge is 2.17. The normalized spacial score (nSPS) is 19.1. The van der Waals surface area contributed by atoms with Crippen LogP contribution >= 0.6 is 0 Å². The summed E-state index contributed by atoms with van der Waals surface area (Å²) < 4.78 is 11.3. The molecule has 1 heterocycles. The molecule has 2 nitrogen and oxygen atoms in total. The van der Waals surface area contributed by atoms with E-state index in [4.69, 9.17) is 9.47 Å². The Morgan fingerprint density at radius 3 is 2.47 bits per heavy atom. The molecule has 2 aromatic carbocycles. The first-order valence-corrected chi connectivity index (χ1v) is 5.15. The Balaban J connectivity index is 2.20. The molecule has 0 saturated heterocycles. The molecule has 0 spiro atoms. The van der Waals surface area contributed by atoms with E-state index in [1.165, 1.54) is 10.8 Å². The van der Waals surface area contributed by atoms with Crippen LogP contribution in [0.5, 0.6) is 11.5 Å². The second-order valence-corrected chi connectivity index (χ2v) is 3.89. The average molecular weight is 200 g/mol. The molecule has 0 radical (unpaired) electrons. The van der Waals surface area contributed by atoms with E-state index in [2.05, 4.69) is 12.1 Å². The van der Waals surface area contributed by atoms with Crippen LogP contribution in [0, 0.1) is 0 Å². The minimum absolute atomic E-state index is 0.138. The van der Waals surface area contributed by atoms with Gasteiger partial charge < -0.3 is 9.47 Å². The smallest absolute Gasteiger partial charge is 0.162 e. The number of fused-ring (bicyclic) bond motifs is 2. The van der Waals surface area contributed by atoms with Gasteiger partial charge in [0.2, 0.25) is 0 Å². The Morgan fingerprint density at radius 1 is 1.07 bits per heavy atom. The van der Waals surface area contributed by atoms with Crippen LogP contribution in [0.15, 0.2) is 36.4 Å². The quantitative estimate of drug-likeness (QED) is 0.650. The van der Waals surface area contributed by atoms with Crippen LogP contribution in [0.4, 0.5) is 0 Å². The van der Waals surface area contributed by atoms with Gasteiger partial charge in [0.25, 0.3) is 0 Å². The third-order valence-corrected chi connectivity index (χ3v) is 2.61. The van der Waals surface area contributed by atoms with E-state index < -0.39 is 0 Å². The first-order chi connectivity index (χ1) is 7.33. The number of ether oxygens (including phenoxy) is 2. The third kappa shape index (κ3) is 1.42. The molecule has 15 heavy (non-hydrogen) atoms. The van der Waals surface area contributed by atoms with Crippen LogP contribution in [-0.4, -0.2) is 12.7 Å². The molecule has 2 heteroatoms. The summed E-state index contributed by atoms with van der Waals surface area (Å²) in [6, 6.07) is 12.3. The molecule has 0 bridgehead atoms. The minimum Gasteiger partial charge on any atom is -0.486 e. The van der Waals surface area contributed by atoms with Crippen molar-refractivity contribution in [3.05, 3.63) is 36.4 Å². The van der Waals surface area contributed by atoms with Crippen molar-refractivity contribution in [2.45, 2.75) is 13.0 Å². The van der Waals surface area contributed by atoms with Gasteiger partial charge in [0.15, 0.2) is 11.5 Å². The third-order valence-electron chi connectivity index (χ3n) is 2.61. The molecule has 0 aliphatic carbocycles. The Morgan fingerprint density at radius 2 is 1.73 bits per heavy atom. The van der Waals surface area contributed by atoms with E-state index >= 15 is 0 Å². The Hall–Kier alpha value is -1.70. The second-order valence-electron chi connectivity index (χ2n) is 3.89. The van der Waals surface area contributed by atoms with Crippen molar-refractivity contribution >= 4 is 10.8 Å². The number of rotatable bonds is 0. The summed E-state index contributed by atoms with van der Waals surface area (Å²) >= 11 is 0. The van der Waals surface area contributed by atoms with Crippen LogP contribution in [0.1, 0.15) is 6.92 Å². The topological polar surface area (TPSA) is 18.5 Å². The monoisotopic (exact) mass is 200 g/mol. The lowest BCUT2D eigenvalue weighted by atomic mass is 10.1. The van der Waals surface area contributed by atoms with Crippen molar-refractivity contribution < 1.29 is 9.47 Å². The van der Waals surface area contributed by atoms with Crippen molar-refractivity contribution in [1.82, 2.24) is 0 Å². The fourth-order valence-electron chi connectivity index (χ4n) is 1.86. The zero-order chi connectivity index (χ0) is 10.3. The molecule has 76 valence electrons. The summed E-state index contributed by atoms with van der Waals surface area (Å²) in [5.74, 6) is 1.71. The molecule has 0 saturated carbocycles. The lowest BCUT2D eigenvalue weighted by Crippen LogP contribution is -2.25. The van der Waals surface area contributed by atoms with Crippen molar-refractivity contribution in [2.75, 3.05) is 6.61 Å². The summed E-state index contributed by atoms with van der Waals surface area (Å²) in [6.45, 7) is 2.64. The largest absolute Gasteiger partial charge is 0.486 e. The van der Waals surface area contributed by atoms with E-state index in [1.54, 1.807) is 0 Å². The van der Waals surface area contributed by atoms with Gasteiger partial charge in [-0.05, 0) is 29.8 Å². The molecular formula is C13H12O2. The van der Waals surface area contributed by atoms with Gasteiger partial charge >= 0.3 is 0 Å². The molecule has 0 amide bonds. The highest BCUT2D eigenvalue weighted by Crippen LogP contribution is 2.35. The molecule has 1 atom stereocenters. The predicted octanol–water partition coefficient (Wildman–Crippen LogP) is 3.00. The molecule has 2 aromatic rings. The fourth-order valence-corrected chi connectivity index (χ4v) is 1.86. The number of hydrogen-bond donors (Lipinski definition) is 0. The van der Waals surface area contributed by atoms with Crippen molar-refractivity contribution in [3.63, 3.8) is 0 Å². The molecule has 0 fully saturated rings. The van der Waals surface area contributed by atoms with Gasteiger partial charge in [0.1, 0.15) is 12.7 Å². The van der Waals surface area contributed by atoms with E-state index in [0.29, 0.717) is 6.61 Å². The van der Waals surface area contributed by atoms with Crippen LogP contribution in [-0.2, 0) is 0 Å². The van der Waals surface area contributed by atoms with Gasteiger partial charge in [-0.15, -0.1) is 0 Å². The molecule has 0 unspecified atom stereocenters. The van der Waals surface area contributed by atoms with Gasteiger partial charge in [0.05, 0.1) is 0 Å². The summed E-state index contributed by atoms with van der Waals surface area (Å²) in [7, 11) is 0. The summed E-state index contributed by atoms with van der Waals surface area (Å²) in [5, 5.41) is 2.38. The lowest BCUT2D eigenvalue weighted by molar-refractivity contribution is 0.104. The van der Waals surface area contributed by atoms with Crippen LogP contribution in [0.25, 0.3) is 10.8 Å². The van der Waals surface area contributed by atoms with Crippen LogP contribution in [0.3, 0.4) is 0 Å². The summed E-state index contributed by atoms with van der Waals surface area (Å²) in [4.78, 5) is 0. The first-order valence-electron chi connectivity index (χ1n) is 5.15. The van der Waals surface area contributed by atoms with Gasteiger partial charge in [0, 0.05) is 0 Å². The minimum atomic E-state index is 0.138. The first kappa shape index (κ1) is 8.60. The Labute approximate surface area is 88.4 Å². The maximum atomic E-state index is 5.71.